The number of nitrogens with zero attached hydrogens (tertiary/aromatic N) is 1. The van der Waals surface area contributed by atoms with Crippen molar-refractivity contribution in [2.24, 2.45) is 0 Å². The van der Waals surface area contributed by atoms with Crippen molar-refractivity contribution >= 4 is 0 Å². The minimum atomic E-state index is -0.0920. The number of hydrogen-bond donors (Lipinski definition) is 2. The fourth-order valence-electron chi connectivity index (χ4n) is 2.89. The minimum absolute atomic E-state index is 0.0920. The van der Waals surface area contributed by atoms with Crippen molar-refractivity contribution in [2.75, 3.05) is 26.2 Å². The van der Waals surface area contributed by atoms with Gasteiger partial charge in [-0.05, 0) is 50.6 Å². The van der Waals surface area contributed by atoms with Crippen LogP contribution in [-0.2, 0) is 6.54 Å². The molecule has 0 atom stereocenters. The molecule has 0 bridgehead atoms. The minimum Gasteiger partial charge on any atom is -0.429 e. The Bertz CT molecular complexity index is 592. The third kappa shape index (κ3) is 5.37. The fourth-order valence-corrected chi connectivity index (χ4v) is 2.89. The van der Waals surface area contributed by atoms with E-state index in [1.165, 1.54) is 0 Å². The first kappa shape index (κ1) is 17.0. The number of rotatable bonds is 8. The Morgan fingerprint density at radius 1 is 1.12 bits per heavy atom. The topological polar surface area (TPSA) is 57.9 Å². The van der Waals surface area contributed by atoms with Crippen molar-refractivity contribution in [1.29, 1.82) is 0 Å². The summed E-state index contributed by atoms with van der Waals surface area (Å²) in [5, 5.41) is 12.9. The smallest absolute Gasteiger partial charge is 0.290 e. The van der Waals surface area contributed by atoms with Crippen LogP contribution in [-0.4, -0.2) is 42.3 Å². The van der Waals surface area contributed by atoms with Gasteiger partial charge in [0.15, 0.2) is 0 Å². The molecule has 0 amide bonds. The molecule has 24 heavy (non-hydrogen) atoms. The molecule has 0 unspecified atom stereocenters. The van der Waals surface area contributed by atoms with Crippen LogP contribution in [0.4, 0.5) is 0 Å². The summed E-state index contributed by atoms with van der Waals surface area (Å²) < 4.78 is 11.3. The van der Waals surface area contributed by atoms with Gasteiger partial charge in [0.2, 0.25) is 0 Å². The number of likely N-dealkylation sites (tertiary alicyclic amines) is 1. The number of piperidine rings is 1. The molecular formula is C19H26N2O3. The summed E-state index contributed by atoms with van der Waals surface area (Å²) >= 11 is 0. The number of aliphatic hydroxyl groups is 1. The molecule has 130 valence electrons. The van der Waals surface area contributed by atoms with Gasteiger partial charge in [-0.15, -0.1) is 0 Å². The van der Waals surface area contributed by atoms with Crippen LogP contribution in [0.2, 0.25) is 0 Å². The second-order valence-electron chi connectivity index (χ2n) is 6.24. The average Bonchev–Trinajstić information content (AvgIpc) is 3.04. The lowest BCUT2D eigenvalue weighted by Crippen LogP contribution is -2.37. The summed E-state index contributed by atoms with van der Waals surface area (Å²) in [5.74, 6) is 2.17. The highest BCUT2D eigenvalue weighted by Crippen LogP contribution is 2.23. The van der Waals surface area contributed by atoms with Crippen LogP contribution in [0.5, 0.6) is 11.7 Å². The predicted molar refractivity (Wildman–Crippen MR) is 93.2 cm³/mol. The average molecular weight is 330 g/mol. The second-order valence-corrected chi connectivity index (χ2v) is 6.24. The molecule has 1 aliphatic heterocycles. The zero-order chi connectivity index (χ0) is 16.6. The number of nitrogens with one attached hydrogen (secondary N) is 1. The molecule has 2 heterocycles. The number of aliphatic hydroxyl groups excluding tert-OH is 1. The van der Waals surface area contributed by atoms with Crippen LogP contribution >= 0.6 is 0 Å². The Balaban J connectivity index is 1.31. The van der Waals surface area contributed by atoms with Gasteiger partial charge in [0.05, 0.1) is 12.6 Å². The lowest BCUT2D eigenvalue weighted by molar-refractivity contribution is 0.0821. The van der Waals surface area contributed by atoms with Crippen LogP contribution in [0.15, 0.2) is 46.9 Å². The van der Waals surface area contributed by atoms with Gasteiger partial charge in [-0.25, -0.2) is 0 Å². The first-order valence-corrected chi connectivity index (χ1v) is 8.72. The molecule has 5 heteroatoms. The molecule has 1 aromatic carbocycles. The molecule has 0 spiro atoms. The van der Waals surface area contributed by atoms with E-state index in [0.717, 1.165) is 57.0 Å². The SMILES string of the molecule is OC1CCN(CCCNCc2ccc(Oc3ccccc3)o2)CC1. The van der Waals surface area contributed by atoms with Gasteiger partial charge in [-0.3, -0.25) is 0 Å². The Hall–Kier alpha value is -1.82. The highest BCUT2D eigenvalue weighted by molar-refractivity contribution is 5.26. The van der Waals surface area contributed by atoms with Crippen LogP contribution in [0.25, 0.3) is 0 Å². The molecule has 3 rings (SSSR count). The van der Waals surface area contributed by atoms with Gasteiger partial charge in [0, 0.05) is 19.2 Å². The molecular weight excluding hydrogens is 304 g/mol. The monoisotopic (exact) mass is 330 g/mol. The largest absolute Gasteiger partial charge is 0.429 e. The van der Waals surface area contributed by atoms with Gasteiger partial charge in [-0.2, -0.15) is 0 Å². The maximum atomic E-state index is 9.50. The van der Waals surface area contributed by atoms with Gasteiger partial charge in [0.25, 0.3) is 5.95 Å². The highest BCUT2D eigenvalue weighted by atomic mass is 16.6. The van der Waals surface area contributed by atoms with Gasteiger partial charge < -0.3 is 24.5 Å². The first-order valence-electron chi connectivity index (χ1n) is 8.72. The van der Waals surface area contributed by atoms with E-state index in [-0.39, 0.29) is 6.10 Å². The summed E-state index contributed by atoms with van der Waals surface area (Å²) in [6.07, 6.45) is 2.82. The molecule has 1 aromatic heterocycles. The van der Waals surface area contributed by atoms with E-state index in [0.29, 0.717) is 12.5 Å². The third-order valence-corrected chi connectivity index (χ3v) is 4.28. The van der Waals surface area contributed by atoms with Gasteiger partial charge in [-0.1, -0.05) is 18.2 Å². The summed E-state index contributed by atoms with van der Waals surface area (Å²) in [6, 6.07) is 13.4. The molecule has 2 aromatic rings. The zero-order valence-electron chi connectivity index (χ0n) is 14.0. The number of ether oxygens (including phenoxy) is 1. The number of hydrogen-bond acceptors (Lipinski definition) is 5. The summed E-state index contributed by atoms with van der Waals surface area (Å²) in [7, 11) is 0. The number of para-hydroxylation sites is 1. The summed E-state index contributed by atoms with van der Waals surface area (Å²) in [4.78, 5) is 2.42. The Kier molecular flexibility index (Phi) is 6.29. The maximum Gasteiger partial charge on any atom is 0.290 e. The van der Waals surface area contributed by atoms with Crippen LogP contribution in [0.1, 0.15) is 25.0 Å². The lowest BCUT2D eigenvalue weighted by atomic mass is 10.1. The molecule has 1 fully saturated rings. The third-order valence-electron chi connectivity index (χ3n) is 4.28. The highest BCUT2D eigenvalue weighted by Gasteiger charge is 2.15. The molecule has 2 N–H and O–H groups in total. The van der Waals surface area contributed by atoms with Crippen LogP contribution in [0.3, 0.4) is 0 Å². The number of benzene rings is 1. The van der Waals surface area contributed by atoms with E-state index in [1.807, 2.05) is 42.5 Å². The Labute approximate surface area is 143 Å². The molecule has 0 aliphatic carbocycles. The van der Waals surface area contributed by atoms with Crippen LogP contribution < -0.4 is 10.1 Å². The van der Waals surface area contributed by atoms with E-state index < -0.39 is 0 Å². The quantitative estimate of drug-likeness (QED) is 0.729. The second kappa shape index (κ2) is 8.87. The molecule has 1 saturated heterocycles. The molecule has 5 nitrogen and oxygen atoms in total. The Morgan fingerprint density at radius 2 is 1.92 bits per heavy atom. The van der Waals surface area contributed by atoms with E-state index in [4.69, 9.17) is 9.15 Å². The van der Waals surface area contributed by atoms with Crippen LogP contribution in [0, 0.1) is 0 Å². The summed E-state index contributed by atoms with van der Waals surface area (Å²) in [5.41, 5.74) is 0. The van der Waals surface area contributed by atoms with Crippen molar-refractivity contribution in [3.05, 3.63) is 48.2 Å². The van der Waals surface area contributed by atoms with Crippen molar-refractivity contribution in [1.82, 2.24) is 10.2 Å². The summed E-state index contributed by atoms with van der Waals surface area (Å²) in [6.45, 7) is 4.77. The zero-order valence-corrected chi connectivity index (χ0v) is 14.0. The Morgan fingerprint density at radius 3 is 2.71 bits per heavy atom. The standard InChI is InChI=1S/C19H26N2O3/c22-16-9-13-21(14-10-16)12-4-11-20-15-18-7-8-19(24-18)23-17-5-2-1-3-6-17/h1-3,5-8,16,20,22H,4,9-15H2. The van der Waals surface area contributed by atoms with E-state index >= 15 is 0 Å². The number of furan rings is 1. The molecule has 0 radical (unpaired) electrons. The lowest BCUT2D eigenvalue weighted by Gasteiger charge is -2.29. The van der Waals surface area contributed by atoms with Gasteiger partial charge in [0.1, 0.15) is 11.5 Å². The molecule has 1 aliphatic rings. The van der Waals surface area contributed by atoms with Crippen molar-refractivity contribution in [3.63, 3.8) is 0 Å². The molecule has 0 saturated carbocycles. The predicted octanol–water partition coefficient (Wildman–Crippen LogP) is 3.01. The first-order chi connectivity index (χ1) is 11.8. The normalized spacial score (nSPS) is 16.4. The van der Waals surface area contributed by atoms with Gasteiger partial charge >= 0.3 is 0 Å². The van der Waals surface area contributed by atoms with Crippen molar-refractivity contribution in [3.8, 4) is 11.7 Å². The fraction of sp³-hybridized carbons (Fsp3) is 0.474. The van der Waals surface area contributed by atoms with E-state index in [1.54, 1.807) is 0 Å². The van der Waals surface area contributed by atoms with Crippen molar-refractivity contribution < 1.29 is 14.3 Å². The van der Waals surface area contributed by atoms with E-state index in [9.17, 15) is 5.11 Å². The maximum absolute atomic E-state index is 9.50. The van der Waals surface area contributed by atoms with Crippen molar-refractivity contribution in [2.45, 2.75) is 31.9 Å². The van der Waals surface area contributed by atoms with E-state index in [2.05, 4.69) is 10.2 Å².